The number of nitrogens with two attached hydrogens (primary N) is 1. The Bertz CT molecular complexity index is 534. The van der Waals surface area contributed by atoms with Crippen molar-refractivity contribution in [1.82, 2.24) is 14.8 Å². The van der Waals surface area contributed by atoms with E-state index in [0.717, 1.165) is 23.0 Å². The van der Waals surface area contributed by atoms with Gasteiger partial charge in [-0.1, -0.05) is 12.1 Å². The quantitative estimate of drug-likeness (QED) is 0.860. The maximum Gasteiger partial charge on any atom is 0.143 e. The molecule has 2 aromatic rings. The Morgan fingerprint density at radius 3 is 2.78 bits per heavy atom. The van der Waals surface area contributed by atoms with Crippen LogP contribution in [0.1, 0.15) is 30.2 Å². The van der Waals surface area contributed by atoms with Crippen LogP contribution >= 0.6 is 11.8 Å². The molecule has 0 saturated heterocycles. The molecule has 18 heavy (non-hydrogen) atoms. The van der Waals surface area contributed by atoms with Crippen LogP contribution in [0, 0.1) is 6.92 Å². The number of hydrogen-bond acceptors (Lipinski definition) is 4. The highest BCUT2D eigenvalue weighted by Crippen LogP contribution is 2.24. The van der Waals surface area contributed by atoms with Crippen molar-refractivity contribution in [3.63, 3.8) is 0 Å². The molecule has 0 radical (unpaired) electrons. The molecule has 2 N–H and O–H groups in total. The topological polar surface area (TPSA) is 56.7 Å². The summed E-state index contributed by atoms with van der Waals surface area (Å²) in [6.07, 6.45) is 0. The first kappa shape index (κ1) is 13.1. The Hall–Kier alpha value is -1.33. The zero-order valence-electron chi connectivity index (χ0n) is 10.9. The van der Waals surface area contributed by atoms with E-state index in [1.165, 1.54) is 4.90 Å². The number of benzene rings is 1. The standard InChI is InChI=1S/C13H18N4S/c1-9(14)11-5-4-6-12(7-11)18-8-13-16-15-10(2)17(13)3/h4-7,9H,8,14H2,1-3H3. The normalized spacial score (nSPS) is 12.7. The van der Waals surface area contributed by atoms with Crippen molar-refractivity contribution >= 4 is 11.8 Å². The van der Waals surface area contributed by atoms with Gasteiger partial charge in [0.1, 0.15) is 11.6 Å². The molecule has 0 bridgehead atoms. The van der Waals surface area contributed by atoms with Gasteiger partial charge in [-0.25, -0.2) is 0 Å². The molecule has 4 nitrogen and oxygen atoms in total. The molecule has 0 aliphatic heterocycles. The van der Waals surface area contributed by atoms with Gasteiger partial charge in [0.2, 0.25) is 0 Å². The van der Waals surface area contributed by atoms with E-state index in [1.54, 1.807) is 11.8 Å². The van der Waals surface area contributed by atoms with Crippen LogP contribution in [0.3, 0.4) is 0 Å². The predicted molar refractivity (Wildman–Crippen MR) is 74.3 cm³/mol. The molecule has 96 valence electrons. The second-order valence-corrected chi connectivity index (χ2v) is 5.42. The maximum absolute atomic E-state index is 5.88. The molecule has 0 saturated carbocycles. The summed E-state index contributed by atoms with van der Waals surface area (Å²) < 4.78 is 2.02. The van der Waals surface area contributed by atoms with Crippen molar-refractivity contribution in [2.24, 2.45) is 12.8 Å². The minimum Gasteiger partial charge on any atom is -0.324 e. The van der Waals surface area contributed by atoms with Gasteiger partial charge in [-0.2, -0.15) is 0 Å². The third kappa shape index (κ3) is 2.91. The van der Waals surface area contributed by atoms with Crippen LogP contribution in [0.2, 0.25) is 0 Å². The van der Waals surface area contributed by atoms with E-state index in [2.05, 4.69) is 28.4 Å². The van der Waals surface area contributed by atoms with Gasteiger partial charge in [0.25, 0.3) is 0 Å². The molecule has 0 spiro atoms. The first-order valence-corrected chi connectivity index (χ1v) is 6.89. The zero-order chi connectivity index (χ0) is 13.1. The molecule has 1 heterocycles. The van der Waals surface area contributed by atoms with Crippen LogP contribution in [0.5, 0.6) is 0 Å². The Morgan fingerprint density at radius 2 is 2.17 bits per heavy atom. The van der Waals surface area contributed by atoms with Gasteiger partial charge < -0.3 is 10.3 Å². The number of thioether (sulfide) groups is 1. The van der Waals surface area contributed by atoms with E-state index in [0.29, 0.717) is 0 Å². The van der Waals surface area contributed by atoms with Crippen LogP contribution in [-0.2, 0) is 12.8 Å². The van der Waals surface area contributed by atoms with Crippen molar-refractivity contribution < 1.29 is 0 Å². The first-order valence-electron chi connectivity index (χ1n) is 5.91. The average Bonchev–Trinajstić information content (AvgIpc) is 2.68. The lowest BCUT2D eigenvalue weighted by Gasteiger charge is -2.07. The van der Waals surface area contributed by atoms with Crippen molar-refractivity contribution in [1.29, 1.82) is 0 Å². The highest BCUT2D eigenvalue weighted by Gasteiger charge is 2.06. The number of nitrogens with zero attached hydrogens (tertiary/aromatic N) is 3. The molecule has 1 unspecified atom stereocenters. The summed E-state index contributed by atoms with van der Waals surface area (Å²) in [7, 11) is 1.99. The Kier molecular flexibility index (Phi) is 4.04. The second kappa shape index (κ2) is 5.54. The van der Waals surface area contributed by atoms with Gasteiger partial charge in [0.15, 0.2) is 0 Å². The van der Waals surface area contributed by atoms with Crippen LogP contribution in [0.4, 0.5) is 0 Å². The summed E-state index contributed by atoms with van der Waals surface area (Å²) in [4.78, 5) is 1.21. The molecule has 0 amide bonds. The van der Waals surface area contributed by atoms with E-state index in [4.69, 9.17) is 5.73 Å². The summed E-state index contributed by atoms with van der Waals surface area (Å²) in [5.74, 6) is 2.75. The van der Waals surface area contributed by atoms with Gasteiger partial charge in [-0.15, -0.1) is 22.0 Å². The van der Waals surface area contributed by atoms with E-state index in [1.807, 2.05) is 31.5 Å². The van der Waals surface area contributed by atoms with E-state index >= 15 is 0 Å². The summed E-state index contributed by atoms with van der Waals surface area (Å²) in [6.45, 7) is 3.95. The van der Waals surface area contributed by atoms with Gasteiger partial charge in [-0.3, -0.25) is 0 Å². The molecule has 1 aromatic heterocycles. The number of aromatic nitrogens is 3. The average molecular weight is 262 g/mol. The summed E-state index contributed by atoms with van der Waals surface area (Å²) >= 11 is 1.75. The molecule has 1 atom stereocenters. The third-order valence-corrected chi connectivity index (χ3v) is 3.92. The fourth-order valence-corrected chi connectivity index (χ4v) is 2.55. The molecular formula is C13H18N4S. The molecular weight excluding hydrogens is 244 g/mol. The largest absolute Gasteiger partial charge is 0.324 e. The second-order valence-electron chi connectivity index (χ2n) is 4.37. The molecule has 2 rings (SSSR count). The smallest absolute Gasteiger partial charge is 0.143 e. The monoisotopic (exact) mass is 262 g/mol. The Morgan fingerprint density at radius 1 is 1.39 bits per heavy atom. The SMILES string of the molecule is Cc1nnc(CSc2cccc(C(C)N)c2)n1C. The Labute approximate surface area is 112 Å². The number of hydrogen-bond donors (Lipinski definition) is 1. The summed E-state index contributed by atoms with van der Waals surface area (Å²) in [5.41, 5.74) is 7.04. The lowest BCUT2D eigenvalue weighted by molar-refractivity contribution is 0.813. The minimum absolute atomic E-state index is 0.0719. The number of rotatable bonds is 4. The van der Waals surface area contributed by atoms with Crippen molar-refractivity contribution in [3.05, 3.63) is 41.5 Å². The van der Waals surface area contributed by atoms with Crippen LogP contribution in [0.15, 0.2) is 29.2 Å². The maximum atomic E-state index is 5.88. The van der Waals surface area contributed by atoms with Gasteiger partial charge >= 0.3 is 0 Å². The fraction of sp³-hybridized carbons (Fsp3) is 0.385. The Balaban J connectivity index is 2.06. The van der Waals surface area contributed by atoms with Crippen molar-refractivity contribution in [3.8, 4) is 0 Å². The predicted octanol–water partition coefficient (Wildman–Crippen LogP) is 2.44. The summed E-state index contributed by atoms with van der Waals surface area (Å²) in [5, 5.41) is 8.21. The highest BCUT2D eigenvalue weighted by molar-refractivity contribution is 7.98. The van der Waals surface area contributed by atoms with Gasteiger partial charge in [0, 0.05) is 18.0 Å². The van der Waals surface area contributed by atoms with Crippen LogP contribution < -0.4 is 5.73 Å². The van der Waals surface area contributed by atoms with E-state index < -0.39 is 0 Å². The van der Waals surface area contributed by atoms with Crippen molar-refractivity contribution in [2.75, 3.05) is 0 Å². The third-order valence-electron chi connectivity index (χ3n) is 2.93. The molecule has 5 heteroatoms. The molecule has 0 fully saturated rings. The zero-order valence-corrected chi connectivity index (χ0v) is 11.7. The molecule has 0 aliphatic carbocycles. The van der Waals surface area contributed by atoms with E-state index in [-0.39, 0.29) is 6.04 Å². The van der Waals surface area contributed by atoms with Crippen LogP contribution in [0.25, 0.3) is 0 Å². The fourth-order valence-electron chi connectivity index (χ4n) is 1.61. The van der Waals surface area contributed by atoms with Gasteiger partial charge in [-0.05, 0) is 31.5 Å². The lowest BCUT2D eigenvalue weighted by Crippen LogP contribution is -2.04. The first-order chi connectivity index (χ1) is 8.58. The minimum atomic E-state index is 0.0719. The van der Waals surface area contributed by atoms with Crippen LogP contribution in [-0.4, -0.2) is 14.8 Å². The molecule has 0 aliphatic rings. The van der Waals surface area contributed by atoms with Gasteiger partial charge in [0.05, 0.1) is 5.75 Å². The highest BCUT2D eigenvalue weighted by atomic mass is 32.2. The molecule has 1 aromatic carbocycles. The van der Waals surface area contributed by atoms with E-state index in [9.17, 15) is 0 Å². The van der Waals surface area contributed by atoms with Crippen molar-refractivity contribution in [2.45, 2.75) is 30.5 Å². The number of aryl methyl sites for hydroxylation is 1. The summed E-state index contributed by atoms with van der Waals surface area (Å²) in [6, 6.07) is 8.41. The lowest BCUT2D eigenvalue weighted by atomic mass is 10.1.